The summed E-state index contributed by atoms with van der Waals surface area (Å²) in [5.41, 5.74) is 0. The Morgan fingerprint density at radius 3 is 1.16 bits per heavy atom. The predicted octanol–water partition coefficient (Wildman–Crippen LogP) is 16.3. The van der Waals surface area contributed by atoms with Gasteiger partial charge in [0.15, 0.2) is 0 Å². The van der Waals surface area contributed by atoms with E-state index in [1.54, 1.807) is 6.08 Å². The molecule has 0 spiro atoms. The molecule has 0 radical (unpaired) electrons. The van der Waals surface area contributed by atoms with Crippen LogP contribution in [0, 0.1) is 0 Å². The van der Waals surface area contributed by atoms with Crippen LogP contribution in [0.5, 0.6) is 0 Å². The Hall–Kier alpha value is -1.66. The molecular weight excluding hydrogens is 755 g/mol. The highest BCUT2D eigenvalue weighted by Crippen LogP contribution is 2.16. The molecule has 0 aliphatic carbocycles. The number of amides is 1. The maximum Gasteiger partial charge on any atom is 0.305 e. The minimum absolute atomic E-state index is 0.0343. The zero-order valence-electron chi connectivity index (χ0n) is 40.9. The summed E-state index contributed by atoms with van der Waals surface area (Å²) in [6.07, 6.45) is 60.4. The molecule has 2 atom stereocenters. The first kappa shape index (κ1) is 59.3. The van der Waals surface area contributed by atoms with Crippen LogP contribution in [0.1, 0.15) is 290 Å². The van der Waals surface area contributed by atoms with E-state index in [0.717, 1.165) is 57.8 Å². The second kappa shape index (κ2) is 51.0. The van der Waals surface area contributed by atoms with Crippen molar-refractivity contribution in [3.63, 3.8) is 0 Å². The van der Waals surface area contributed by atoms with Crippen LogP contribution >= 0.6 is 0 Å². The van der Waals surface area contributed by atoms with Gasteiger partial charge in [0.2, 0.25) is 5.91 Å². The van der Waals surface area contributed by atoms with Crippen molar-refractivity contribution >= 4 is 11.9 Å². The van der Waals surface area contributed by atoms with E-state index in [2.05, 4.69) is 31.3 Å². The fourth-order valence-electron chi connectivity index (χ4n) is 8.27. The lowest BCUT2D eigenvalue weighted by Gasteiger charge is -2.20. The molecule has 61 heavy (non-hydrogen) atoms. The van der Waals surface area contributed by atoms with E-state index in [9.17, 15) is 19.8 Å². The van der Waals surface area contributed by atoms with Crippen LogP contribution in [0.2, 0.25) is 0 Å². The van der Waals surface area contributed by atoms with Crippen LogP contribution in [0.4, 0.5) is 0 Å². The molecule has 0 rings (SSSR count). The number of allylic oxidation sites excluding steroid dienone is 3. The minimum atomic E-state index is -0.862. The van der Waals surface area contributed by atoms with E-state index < -0.39 is 12.1 Å². The van der Waals surface area contributed by atoms with Crippen molar-refractivity contribution in [2.75, 3.05) is 13.2 Å². The maximum atomic E-state index is 12.4. The number of unbranched alkanes of at least 4 members (excludes halogenated alkanes) is 37. The third kappa shape index (κ3) is 47.7. The second-order valence-electron chi connectivity index (χ2n) is 18.6. The zero-order valence-corrected chi connectivity index (χ0v) is 40.9. The number of hydrogen-bond donors (Lipinski definition) is 3. The lowest BCUT2D eigenvalue weighted by Crippen LogP contribution is -2.45. The molecule has 6 nitrogen and oxygen atoms in total. The number of aliphatic hydroxyl groups excluding tert-OH is 2. The summed E-state index contributed by atoms with van der Waals surface area (Å²) in [4.78, 5) is 24.5. The van der Waals surface area contributed by atoms with Crippen molar-refractivity contribution in [3.05, 3.63) is 24.3 Å². The molecule has 0 saturated carbocycles. The van der Waals surface area contributed by atoms with Gasteiger partial charge in [0, 0.05) is 12.8 Å². The van der Waals surface area contributed by atoms with Crippen LogP contribution in [-0.2, 0) is 14.3 Å². The van der Waals surface area contributed by atoms with Gasteiger partial charge in [-0.2, -0.15) is 0 Å². The summed E-state index contributed by atoms with van der Waals surface area (Å²) in [7, 11) is 0. The van der Waals surface area contributed by atoms with Gasteiger partial charge in [-0.3, -0.25) is 9.59 Å². The summed E-state index contributed by atoms with van der Waals surface area (Å²) in [5.74, 6) is -0.129. The Kier molecular flexibility index (Phi) is 49.6. The van der Waals surface area contributed by atoms with Crippen molar-refractivity contribution in [2.45, 2.75) is 302 Å². The van der Waals surface area contributed by atoms with Crippen LogP contribution in [0.15, 0.2) is 24.3 Å². The molecule has 0 aromatic heterocycles. The standard InChI is InChI=1S/C55H105NO5/c1-3-5-7-9-11-13-15-17-19-21-22-23-24-26-28-31-35-39-43-47-53(58)52(51-57)56-54(59)48-44-40-36-32-30-34-38-42-46-50-61-55(60)49-45-41-37-33-29-27-25-20-18-16-14-12-10-8-6-4-2/h20,25,43,47,52-53,57-58H,3-19,21-24,26-42,44-46,48-51H2,1-2H3,(H,56,59)/b25-20-,47-43+. The van der Waals surface area contributed by atoms with Gasteiger partial charge < -0.3 is 20.3 Å². The molecule has 0 aliphatic rings. The molecule has 0 fully saturated rings. The zero-order chi connectivity index (χ0) is 44.4. The first-order valence-electron chi connectivity index (χ1n) is 27.1. The Bertz CT molecular complexity index is 951. The third-order valence-electron chi connectivity index (χ3n) is 12.5. The molecule has 0 bridgehead atoms. The molecule has 0 saturated heterocycles. The molecule has 3 N–H and O–H groups in total. The molecule has 360 valence electrons. The molecule has 1 amide bonds. The molecule has 0 aromatic carbocycles. The van der Waals surface area contributed by atoms with Crippen LogP contribution in [0.25, 0.3) is 0 Å². The fraction of sp³-hybridized carbons (Fsp3) is 0.891. The minimum Gasteiger partial charge on any atom is -0.466 e. The van der Waals surface area contributed by atoms with Crippen molar-refractivity contribution in [2.24, 2.45) is 0 Å². The summed E-state index contributed by atoms with van der Waals surface area (Å²) in [6.45, 7) is 4.84. The topological polar surface area (TPSA) is 95.9 Å². The smallest absolute Gasteiger partial charge is 0.305 e. The van der Waals surface area contributed by atoms with Gasteiger partial charge in [-0.1, -0.05) is 244 Å². The highest BCUT2D eigenvalue weighted by Gasteiger charge is 2.18. The van der Waals surface area contributed by atoms with Gasteiger partial charge in [0.05, 0.1) is 25.4 Å². The number of aliphatic hydroxyl groups is 2. The monoisotopic (exact) mass is 860 g/mol. The fourth-order valence-corrected chi connectivity index (χ4v) is 8.27. The molecule has 0 aliphatic heterocycles. The number of rotatable bonds is 50. The number of hydrogen-bond acceptors (Lipinski definition) is 5. The second-order valence-corrected chi connectivity index (χ2v) is 18.6. The van der Waals surface area contributed by atoms with E-state index >= 15 is 0 Å². The SMILES string of the molecule is CCCCCCCCC/C=C\CCCCCCCC(=O)OCCCCCCCCCCCC(=O)NC(CO)C(O)/C=C/CCCCCCCCCCCCCCCCCCC. The van der Waals surface area contributed by atoms with Gasteiger partial charge in [-0.05, 0) is 57.8 Å². The van der Waals surface area contributed by atoms with Crippen molar-refractivity contribution in [1.82, 2.24) is 5.32 Å². The number of nitrogens with one attached hydrogen (secondary N) is 1. The van der Waals surface area contributed by atoms with Crippen molar-refractivity contribution in [3.8, 4) is 0 Å². The highest BCUT2D eigenvalue weighted by atomic mass is 16.5. The first-order chi connectivity index (χ1) is 30.0. The maximum absolute atomic E-state index is 12.4. The van der Waals surface area contributed by atoms with Gasteiger partial charge in [-0.15, -0.1) is 0 Å². The largest absolute Gasteiger partial charge is 0.466 e. The van der Waals surface area contributed by atoms with Crippen LogP contribution in [0.3, 0.4) is 0 Å². The van der Waals surface area contributed by atoms with Gasteiger partial charge >= 0.3 is 5.97 Å². The lowest BCUT2D eigenvalue weighted by atomic mass is 10.0. The predicted molar refractivity (Wildman–Crippen MR) is 264 cm³/mol. The number of ether oxygens (including phenoxy) is 1. The van der Waals surface area contributed by atoms with Gasteiger partial charge in [0.1, 0.15) is 0 Å². The summed E-state index contributed by atoms with van der Waals surface area (Å²) in [5, 5.41) is 23.1. The highest BCUT2D eigenvalue weighted by molar-refractivity contribution is 5.76. The Morgan fingerprint density at radius 1 is 0.443 bits per heavy atom. The molecular formula is C55H105NO5. The van der Waals surface area contributed by atoms with Gasteiger partial charge in [-0.25, -0.2) is 0 Å². The van der Waals surface area contributed by atoms with Crippen LogP contribution in [-0.4, -0.2) is 47.4 Å². The van der Waals surface area contributed by atoms with Crippen LogP contribution < -0.4 is 5.32 Å². The lowest BCUT2D eigenvalue weighted by molar-refractivity contribution is -0.143. The Morgan fingerprint density at radius 2 is 0.770 bits per heavy atom. The van der Waals surface area contributed by atoms with Gasteiger partial charge in [0.25, 0.3) is 0 Å². The van der Waals surface area contributed by atoms with E-state index in [-0.39, 0.29) is 18.5 Å². The van der Waals surface area contributed by atoms with E-state index in [1.807, 2.05) is 6.08 Å². The number of carbonyl (C=O) groups is 2. The summed E-state index contributed by atoms with van der Waals surface area (Å²) < 4.78 is 5.45. The first-order valence-corrected chi connectivity index (χ1v) is 27.1. The van der Waals surface area contributed by atoms with E-state index in [1.165, 1.54) is 205 Å². The molecule has 0 aromatic rings. The molecule has 0 heterocycles. The normalized spacial score (nSPS) is 12.8. The third-order valence-corrected chi connectivity index (χ3v) is 12.5. The Labute approximate surface area is 380 Å². The van der Waals surface area contributed by atoms with E-state index in [4.69, 9.17) is 4.74 Å². The number of esters is 1. The quantitative estimate of drug-likeness (QED) is 0.0322. The van der Waals surface area contributed by atoms with Crippen molar-refractivity contribution in [1.29, 1.82) is 0 Å². The Balaban J connectivity index is 3.52. The van der Waals surface area contributed by atoms with Crippen molar-refractivity contribution < 1.29 is 24.5 Å². The number of carbonyl (C=O) groups excluding carboxylic acids is 2. The van der Waals surface area contributed by atoms with E-state index in [0.29, 0.717) is 19.4 Å². The molecule has 2 unspecified atom stereocenters. The summed E-state index contributed by atoms with van der Waals surface area (Å²) in [6, 6.07) is -0.648. The molecule has 6 heteroatoms. The average molecular weight is 860 g/mol. The average Bonchev–Trinajstić information content (AvgIpc) is 3.26. The summed E-state index contributed by atoms with van der Waals surface area (Å²) >= 11 is 0.